The second-order valence-corrected chi connectivity index (χ2v) is 10.9. The summed E-state index contributed by atoms with van der Waals surface area (Å²) < 4.78 is 36.2. The molecule has 0 radical (unpaired) electrons. The first-order valence-corrected chi connectivity index (χ1v) is 13.1. The topological polar surface area (TPSA) is 97.7 Å². The molecule has 2 aromatic carbocycles. The predicted molar refractivity (Wildman–Crippen MR) is 130 cm³/mol. The zero-order valence-electron chi connectivity index (χ0n) is 18.9. The molecule has 33 heavy (non-hydrogen) atoms. The number of sulfonamides is 1. The van der Waals surface area contributed by atoms with E-state index in [2.05, 4.69) is 4.72 Å². The van der Waals surface area contributed by atoms with E-state index in [-0.39, 0.29) is 28.6 Å². The highest BCUT2D eigenvalue weighted by atomic mass is 32.2. The summed E-state index contributed by atoms with van der Waals surface area (Å²) in [6, 6.07) is 8.50. The molecule has 10 heteroatoms. The molecule has 1 aromatic heterocycles. The number of carbonyl (C=O) groups excluding carboxylic acids is 1. The first-order chi connectivity index (χ1) is 15.7. The Kier molecular flexibility index (Phi) is 6.60. The third-order valence-corrected chi connectivity index (χ3v) is 8.07. The molecule has 3 aromatic rings. The van der Waals surface area contributed by atoms with Crippen LogP contribution >= 0.6 is 11.3 Å². The lowest BCUT2D eigenvalue weighted by Gasteiger charge is -2.26. The molecule has 1 N–H and O–H groups in total. The van der Waals surface area contributed by atoms with Crippen molar-refractivity contribution in [3.63, 3.8) is 0 Å². The number of carbonyl (C=O) groups is 1. The van der Waals surface area contributed by atoms with Crippen LogP contribution in [0, 0.1) is 20.8 Å². The summed E-state index contributed by atoms with van der Waals surface area (Å²) in [6.45, 7) is 8.13. The SMILES string of the molecule is Cc1cc(C)c(NS(=O)(=O)c2ccc3c(c2)sc(=O)n3CCC(=O)N2CCOCC2)c(C)c1. The molecule has 1 amide bonds. The van der Waals surface area contributed by atoms with Crippen LogP contribution in [0.2, 0.25) is 0 Å². The molecular formula is C23H27N3O5S2. The van der Waals surface area contributed by atoms with E-state index in [4.69, 9.17) is 4.74 Å². The number of aromatic nitrogens is 1. The Morgan fingerprint density at radius 2 is 1.76 bits per heavy atom. The van der Waals surface area contributed by atoms with Crippen LogP contribution in [0.25, 0.3) is 10.2 Å². The molecule has 8 nitrogen and oxygen atoms in total. The summed E-state index contributed by atoms with van der Waals surface area (Å²) in [5, 5.41) is 0. The normalized spacial score (nSPS) is 14.6. The van der Waals surface area contributed by atoms with Crippen molar-refractivity contribution in [2.24, 2.45) is 0 Å². The highest BCUT2D eigenvalue weighted by Crippen LogP contribution is 2.27. The quantitative estimate of drug-likeness (QED) is 0.574. The fourth-order valence-electron chi connectivity index (χ4n) is 4.14. The van der Waals surface area contributed by atoms with Crippen molar-refractivity contribution < 1.29 is 17.9 Å². The van der Waals surface area contributed by atoms with Gasteiger partial charge in [0, 0.05) is 26.1 Å². The largest absolute Gasteiger partial charge is 0.378 e. The number of thiazole rings is 1. The van der Waals surface area contributed by atoms with Crippen molar-refractivity contribution in [2.45, 2.75) is 38.6 Å². The maximum Gasteiger partial charge on any atom is 0.308 e. The molecule has 0 aliphatic carbocycles. The molecule has 4 rings (SSSR count). The van der Waals surface area contributed by atoms with Gasteiger partial charge in [-0.3, -0.25) is 18.9 Å². The minimum atomic E-state index is -3.83. The van der Waals surface area contributed by atoms with Gasteiger partial charge in [0.25, 0.3) is 10.0 Å². The first kappa shape index (κ1) is 23.5. The van der Waals surface area contributed by atoms with Gasteiger partial charge >= 0.3 is 4.87 Å². The number of rotatable bonds is 6. The predicted octanol–water partition coefficient (Wildman–Crippen LogP) is 3.04. The maximum atomic E-state index is 13.1. The van der Waals surface area contributed by atoms with Crippen molar-refractivity contribution in [3.8, 4) is 0 Å². The summed E-state index contributed by atoms with van der Waals surface area (Å²) in [5.74, 6) is -0.0169. The van der Waals surface area contributed by atoms with E-state index in [1.54, 1.807) is 11.0 Å². The van der Waals surface area contributed by atoms with Crippen LogP contribution in [0.3, 0.4) is 0 Å². The second kappa shape index (κ2) is 9.28. The number of aryl methyl sites for hydroxylation is 4. The number of nitrogens with zero attached hydrogens (tertiary/aromatic N) is 2. The molecule has 0 atom stereocenters. The molecule has 1 saturated heterocycles. The summed E-state index contributed by atoms with van der Waals surface area (Å²) in [7, 11) is -3.83. The standard InChI is InChI=1S/C23H27N3O5S2/c1-15-12-16(2)22(17(3)13-15)24-33(29,30)18-4-5-19-20(14-18)32-23(28)26(19)7-6-21(27)25-8-10-31-11-9-25/h4-5,12-14,24H,6-11H2,1-3H3. The van der Waals surface area contributed by atoms with Crippen LogP contribution in [0.15, 0.2) is 40.0 Å². The van der Waals surface area contributed by atoms with Gasteiger partial charge in [0.05, 0.1) is 34.0 Å². The van der Waals surface area contributed by atoms with Crippen LogP contribution in [-0.2, 0) is 26.1 Å². The van der Waals surface area contributed by atoms with Crippen molar-refractivity contribution in [2.75, 3.05) is 31.0 Å². The molecule has 2 heterocycles. The van der Waals surface area contributed by atoms with Gasteiger partial charge in [-0.15, -0.1) is 0 Å². The number of fused-ring (bicyclic) bond motifs is 1. The van der Waals surface area contributed by atoms with E-state index < -0.39 is 10.0 Å². The van der Waals surface area contributed by atoms with Gasteiger partial charge in [-0.25, -0.2) is 8.42 Å². The number of ether oxygens (including phenoxy) is 1. The van der Waals surface area contributed by atoms with E-state index in [0.29, 0.717) is 42.2 Å². The Morgan fingerprint density at radius 3 is 2.42 bits per heavy atom. The van der Waals surface area contributed by atoms with Crippen LogP contribution < -0.4 is 9.60 Å². The van der Waals surface area contributed by atoms with E-state index >= 15 is 0 Å². The summed E-state index contributed by atoms with van der Waals surface area (Å²) >= 11 is 0.981. The number of morpholine rings is 1. The fourth-order valence-corrected chi connectivity index (χ4v) is 6.40. The smallest absolute Gasteiger partial charge is 0.308 e. The fraction of sp³-hybridized carbons (Fsp3) is 0.391. The highest BCUT2D eigenvalue weighted by molar-refractivity contribution is 7.92. The zero-order chi connectivity index (χ0) is 23.8. The Hall–Kier alpha value is -2.69. The van der Waals surface area contributed by atoms with Gasteiger partial charge in [-0.1, -0.05) is 29.0 Å². The Balaban J connectivity index is 1.56. The molecule has 176 valence electrons. The van der Waals surface area contributed by atoms with E-state index in [9.17, 15) is 18.0 Å². The average Bonchev–Trinajstić information content (AvgIpc) is 3.09. The molecule has 1 aliphatic rings. The average molecular weight is 490 g/mol. The molecule has 0 bridgehead atoms. The molecule has 0 unspecified atom stereocenters. The Morgan fingerprint density at radius 1 is 1.09 bits per heavy atom. The second-order valence-electron chi connectivity index (χ2n) is 8.27. The van der Waals surface area contributed by atoms with Gasteiger partial charge in [0.15, 0.2) is 0 Å². The molecular weight excluding hydrogens is 462 g/mol. The molecule has 1 fully saturated rings. The Labute approximate surface area is 196 Å². The number of hydrogen-bond acceptors (Lipinski definition) is 6. The van der Waals surface area contributed by atoms with Crippen molar-refractivity contribution >= 4 is 43.2 Å². The summed E-state index contributed by atoms with van der Waals surface area (Å²) in [6.07, 6.45) is 0.208. The van der Waals surface area contributed by atoms with E-state index in [1.165, 1.54) is 16.7 Å². The van der Waals surface area contributed by atoms with Crippen LogP contribution in [0.5, 0.6) is 0 Å². The van der Waals surface area contributed by atoms with E-state index in [1.807, 2.05) is 32.9 Å². The van der Waals surface area contributed by atoms with Crippen molar-refractivity contribution in [3.05, 3.63) is 56.7 Å². The van der Waals surface area contributed by atoms with Crippen LogP contribution in [0.4, 0.5) is 5.69 Å². The molecule has 1 aliphatic heterocycles. The molecule has 0 saturated carbocycles. The van der Waals surface area contributed by atoms with Crippen molar-refractivity contribution in [1.82, 2.24) is 9.47 Å². The van der Waals surface area contributed by atoms with Crippen LogP contribution in [-0.4, -0.2) is 50.1 Å². The van der Waals surface area contributed by atoms with Gasteiger partial charge in [0.1, 0.15) is 0 Å². The first-order valence-electron chi connectivity index (χ1n) is 10.8. The highest BCUT2D eigenvalue weighted by Gasteiger charge is 2.20. The minimum Gasteiger partial charge on any atom is -0.378 e. The maximum absolute atomic E-state index is 13.1. The third kappa shape index (κ3) is 4.97. The van der Waals surface area contributed by atoms with Crippen LogP contribution in [0.1, 0.15) is 23.1 Å². The number of nitrogens with one attached hydrogen (secondary N) is 1. The van der Waals surface area contributed by atoms with Gasteiger partial charge in [-0.2, -0.15) is 0 Å². The lowest BCUT2D eigenvalue weighted by atomic mass is 10.1. The van der Waals surface area contributed by atoms with E-state index in [0.717, 1.165) is 28.0 Å². The van der Waals surface area contributed by atoms with Gasteiger partial charge in [0.2, 0.25) is 5.91 Å². The monoisotopic (exact) mass is 489 g/mol. The number of anilines is 1. The van der Waals surface area contributed by atoms with Gasteiger partial charge in [-0.05, 0) is 50.1 Å². The third-order valence-electron chi connectivity index (χ3n) is 5.78. The lowest BCUT2D eigenvalue weighted by molar-refractivity contribution is -0.135. The summed E-state index contributed by atoms with van der Waals surface area (Å²) in [5.41, 5.74) is 3.94. The number of benzene rings is 2. The Bertz CT molecular complexity index is 1350. The number of hydrogen-bond donors (Lipinski definition) is 1. The minimum absolute atomic E-state index is 0.0169. The lowest BCUT2D eigenvalue weighted by Crippen LogP contribution is -2.41. The van der Waals surface area contributed by atoms with Gasteiger partial charge < -0.3 is 9.64 Å². The molecule has 0 spiro atoms. The summed E-state index contributed by atoms with van der Waals surface area (Å²) in [4.78, 5) is 26.6. The van der Waals surface area contributed by atoms with Crippen molar-refractivity contribution in [1.29, 1.82) is 0 Å². The zero-order valence-corrected chi connectivity index (χ0v) is 20.5. The number of amides is 1.